The van der Waals surface area contributed by atoms with Crippen molar-refractivity contribution in [2.24, 2.45) is 11.8 Å². The van der Waals surface area contributed by atoms with E-state index in [9.17, 15) is 10.2 Å². The molecule has 5 N–H and O–H groups in total. The molecule has 39 heavy (non-hydrogen) atoms. The molecular formula is C30H41N7O2. The molecule has 1 unspecified atom stereocenters. The van der Waals surface area contributed by atoms with Gasteiger partial charge in [-0.2, -0.15) is 0 Å². The number of rotatable bonds is 7. The Morgan fingerprint density at radius 3 is 2.67 bits per heavy atom. The predicted molar refractivity (Wildman–Crippen MR) is 153 cm³/mol. The number of nitrogens with zero attached hydrogens (tertiary/aromatic N) is 5. The van der Waals surface area contributed by atoms with E-state index in [2.05, 4.69) is 65.9 Å². The Morgan fingerprint density at radius 2 is 1.90 bits per heavy atom. The summed E-state index contributed by atoms with van der Waals surface area (Å²) in [7, 11) is 2.15. The highest BCUT2D eigenvalue weighted by atomic mass is 16.3. The van der Waals surface area contributed by atoms with Crippen LogP contribution in [0.3, 0.4) is 0 Å². The Bertz CT molecular complexity index is 1470. The van der Waals surface area contributed by atoms with Crippen molar-refractivity contribution < 1.29 is 10.2 Å². The smallest absolute Gasteiger partial charge is 0.145 e. The molecule has 2 fully saturated rings. The predicted octanol–water partition coefficient (Wildman–Crippen LogP) is 3.81. The van der Waals surface area contributed by atoms with E-state index in [1.54, 1.807) is 0 Å². The number of benzene rings is 1. The third-order valence-corrected chi connectivity index (χ3v) is 9.21. The highest BCUT2D eigenvalue weighted by molar-refractivity contribution is 5.86. The first-order valence-corrected chi connectivity index (χ1v) is 14.2. The van der Waals surface area contributed by atoms with E-state index in [0.717, 1.165) is 54.5 Å². The maximum absolute atomic E-state index is 10.9. The van der Waals surface area contributed by atoms with Gasteiger partial charge < -0.3 is 30.4 Å². The molecule has 208 valence electrons. The van der Waals surface area contributed by atoms with Gasteiger partial charge in [0.25, 0.3) is 0 Å². The maximum Gasteiger partial charge on any atom is 0.145 e. The van der Waals surface area contributed by atoms with Crippen molar-refractivity contribution >= 4 is 27.9 Å². The molecule has 0 saturated heterocycles. The lowest BCUT2D eigenvalue weighted by Gasteiger charge is -2.42. The lowest BCUT2D eigenvalue weighted by Crippen LogP contribution is -2.46. The monoisotopic (exact) mass is 531 g/mol. The summed E-state index contributed by atoms with van der Waals surface area (Å²) in [5.74, 6) is 2.20. The summed E-state index contributed by atoms with van der Waals surface area (Å²) in [5, 5.41) is 22.6. The van der Waals surface area contributed by atoms with E-state index in [4.69, 9.17) is 10.7 Å². The van der Waals surface area contributed by atoms with Gasteiger partial charge >= 0.3 is 0 Å². The van der Waals surface area contributed by atoms with Crippen LogP contribution in [0.4, 0.5) is 5.82 Å². The molecule has 0 bridgehead atoms. The van der Waals surface area contributed by atoms with E-state index in [1.165, 1.54) is 11.9 Å². The molecule has 2 saturated carbocycles. The summed E-state index contributed by atoms with van der Waals surface area (Å²) in [6.07, 6.45) is 6.86. The molecule has 3 aromatic heterocycles. The zero-order valence-electron chi connectivity index (χ0n) is 23.4. The quantitative estimate of drug-likeness (QED) is 0.285. The van der Waals surface area contributed by atoms with Gasteiger partial charge in [0.1, 0.15) is 29.7 Å². The minimum Gasteiger partial charge on any atom is -0.390 e. The number of aromatic nitrogens is 5. The van der Waals surface area contributed by atoms with Gasteiger partial charge in [-0.25, -0.2) is 15.0 Å². The molecule has 0 aliphatic heterocycles. The summed E-state index contributed by atoms with van der Waals surface area (Å²) in [4.78, 5) is 19.2. The fourth-order valence-corrected chi connectivity index (χ4v) is 6.61. The number of aliphatic hydroxyl groups is 2. The van der Waals surface area contributed by atoms with Crippen LogP contribution in [0.2, 0.25) is 0 Å². The van der Waals surface area contributed by atoms with Crippen LogP contribution in [0.25, 0.3) is 22.1 Å². The minimum atomic E-state index is -0.840. The van der Waals surface area contributed by atoms with Crippen LogP contribution < -0.4 is 5.73 Å². The Labute approximate surface area is 229 Å². The highest BCUT2D eigenvalue weighted by Crippen LogP contribution is 2.40. The molecule has 4 atom stereocenters. The number of H-pyrrole nitrogens is 1. The van der Waals surface area contributed by atoms with Gasteiger partial charge in [-0.3, -0.25) is 0 Å². The van der Waals surface area contributed by atoms with Crippen molar-refractivity contribution in [3.63, 3.8) is 0 Å². The van der Waals surface area contributed by atoms with Gasteiger partial charge in [0.05, 0.1) is 28.6 Å². The molecule has 2 aliphatic carbocycles. The third kappa shape index (κ3) is 4.92. The molecule has 1 aromatic carbocycles. The number of anilines is 1. The standard InChI is InChI=1S/C30H41N7O2/c1-30(2,3)19-6-7-22-23(14-19)35-25(34-22)8-5-17-11-20(12-17)36(4)15-18-13-24(27(39)26(18)38)37-10-9-21-28(31)32-16-33-29(21)37/h6-7,9-10,14,16-18,20,24,26-27,38-39H,5,8,11-13,15H2,1-4H3,(H,34,35)(H2,31,32,33)/t17-,18-,20+,24?,26-,27+/m1/s1. The molecule has 0 amide bonds. The van der Waals surface area contributed by atoms with Crippen LogP contribution in [0.5, 0.6) is 0 Å². The number of nitrogens with two attached hydrogens (primary N) is 1. The van der Waals surface area contributed by atoms with Gasteiger partial charge in [-0.05, 0) is 67.8 Å². The van der Waals surface area contributed by atoms with Gasteiger partial charge in [0, 0.05) is 31.1 Å². The number of imidazole rings is 1. The lowest BCUT2D eigenvalue weighted by atomic mass is 9.76. The number of aromatic amines is 1. The zero-order chi connectivity index (χ0) is 27.5. The first-order valence-electron chi connectivity index (χ1n) is 14.2. The maximum atomic E-state index is 10.9. The summed E-state index contributed by atoms with van der Waals surface area (Å²) in [6, 6.07) is 8.73. The average molecular weight is 532 g/mol. The lowest BCUT2D eigenvalue weighted by molar-refractivity contribution is -0.00658. The number of nitrogen functional groups attached to an aromatic ring is 1. The summed E-state index contributed by atoms with van der Waals surface area (Å²) >= 11 is 0. The van der Waals surface area contributed by atoms with Gasteiger partial charge in [0.15, 0.2) is 0 Å². The highest BCUT2D eigenvalue weighted by Gasteiger charge is 2.44. The molecule has 9 heteroatoms. The normalized spacial score (nSPS) is 27.6. The minimum absolute atomic E-state index is 0.000720. The first kappa shape index (κ1) is 26.2. The van der Waals surface area contributed by atoms with Crippen molar-refractivity contribution in [3.05, 3.63) is 48.2 Å². The summed E-state index contributed by atoms with van der Waals surface area (Å²) < 4.78 is 1.95. The average Bonchev–Trinajstić information content (AvgIpc) is 3.54. The molecule has 4 aromatic rings. The third-order valence-electron chi connectivity index (χ3n) is 9.21. The zero-order valence-corrected chi connectivity index (χ0v) is 23.4. The Hall–Kier alpha value is -3.01. The Morgan fingerprint density at radius 1 is 1.10 bits per heavy atom. The van der Waals surface area contributed by atoms with Gasteiger partial charge in [-0.1, -0.05) is 26.8 Å². The van der Waals surface area contributed by atoms with Crippen molar-refractivity contribution in [2.45, 2.75) is 82.6 Å². The molecule has 0 radical (unpaired) electrons. The van der Waals surface area contributed by atoms with Crippen LogP contribution in [0.15, 0.2) is 36.8 Å². The molecule has 6 rings (SSSR count). The Kier molecular flexibility index (Phi) is 6.64. The fraction of sp³-hybridized carbons (Fsp3) is 0.567. The van der Waals surface area contributed by atoms with Crippen LogP contribution >= 0.6 is 0 Å². The Balaban J connectivity index is 1.01. The molecule has 3 heterocycles. The van der Waals surface area contributed by atoms with Crippen molar-refractivity contribution in [2.75, 3.05) is 19.3 Å². The number of aryl methyl sites for hydroxylation is 1. The van der Waals surface area contributed by atoms with Crippen molar-refractivity contribution in [1.82, 2.24) is 29.4 Å². The number of aliphatic hydroxyl groups excluding tert-OH is 2. The van der Waals surface area contributed by atoms with E-state index in [-0.39, 0.29) is 17.4 Å². The molecule has 2 aliphatic rings. The molecule has 0 spiro atoms. The molecular weight excluding hydrogens is 490 g/mol. The number of hydrogen-bond acceptors (Lipinski definition) is 7. The topological polar surface area (TPSA) is 129 Å². The van der Waals surface area contributed by atoms with Crippen molar-refractivity contribution in [1.29, 1.82) is 0 Å². The second-order valence-electron chi connectivity index (χ2n) is 12.9. The van der Waals surface area contributed by atoms with Gasteiger partial charge in [-0.15, -0.1) is 0 Å². The second-order valence-corrected chi connectivity index (χ2v) is 12.9. The summed E-state index contributed by atoms with van der Waals surface area (Å²) in [5.41, 5.74) is 10.3. The van der Waals surface area contributed by atoms with Crippen LogP contribution in [0.1, 0.15) is 63.9 Å². The van der Waals surface area contributed by atoms with Crippen molar-refractivity contribution in [3.8, 4) is 0 Å². The van der Waals surface area contributed by atoms with E-state index in [1.807, 2.05) is 16.8 Å². The fourth-order valence-electron chi connectivity index (χ4n) is 6.61. The van der Waals surface area contributed by atoms with E-state index in [0.29, 0.717) is 29.8 Å². The van der Waals surface area contributed by atoms with Crippen LogP contribution in [-0.4, -0.2) is 71.5 Å². The number of hydrogen-bond donors (Lipinski definition) is 4. The molecule has 9 nitrogen and oxygen atoms in total. The second kappa shape index (κ2) is 9.87. The number of fused-ring (bicyclic) bond motifs is 2. The van der Waals surface area contributed by atoms with Crippen LogP contribution in [0, 0.1) is 11.8 Å². The number of nitrogens with one attached hydrogen (secondary N) is 1. The summed E-state index contributed by atoms with van der Waals surface area (Å²) in [6.45, 7) is 7.46. The SMILES string of the molecule is CN(C[C@H]1CC(n2ccc3c(N)ncnc32)[C@H](O)[C@@H]1O)[C@H]1C[C@@H](CCc2nc3cc(C(C)(C)C)ccc3[nH]2)C1. The van der Waals surface area contributed by atoms with Crippen LogP contribution in [-0.2, 0) is 11.8 Å². The van der Waals surface area contributed by atoms with Gasteiger partial charge in [0.2, 0.25) is 0 Å². The van der Waals surface area contributed by atoms with E-state index < -0.39 is 12.2 Å². The largest absolute Gasteiger partial charge is 0.390 e. The van der Waals surface area contributed by atoms with E-state index >= 15 is 0 Å². The first-order chi connectivity index (χ1) is 18.6.